The number of aromatic nitrogens is 2. The molecule has 1 aromatic heterocycles. The second-order valence-electron chi connectivity index (χ2n) is 6.25. The maximum Gasteiger partial charge on any atom is 0.185 e. The summed E-state index contributed by atoms with van der Waals surface area (Å²) in [5.41, 5.74) is 0.763. The van der Waals surface area contributed by atoms with Crippen LogP contribution in [-0.4, -0.2) is 15.6 Å². The second kappa shape index (κ2) is 6.88. The van der Waals surface area contributed by atoms with Crippen LogP contribution in [-0.2, 0) is 0 Å². The molecule has 0 spiro atoms. The molecule has 0 atom stereocenters. The fourth-order valence-corrected chi connectivity index (χ4v) is 3.75. The molecule has 4 heteroatoms. The molecular weight excluding hydrogens is 316 g/mol. The minimum absolute atomic E-state index is 0.189. The van der Waals surface area contributed by atoms with Crippen LogP contribution in [0.1, 0.15) is 75.8 Å². The molecule has 1 fully saturated rings. The molecule has 2 rings (SSSR count). The number of hydrogen-bond acceptors (Lipinski definition) is 2. The van der Waals surface area contributed by atoms with E-state index in [4.69, 9.17) is 0 Å². The summed E-state index contributed by atoms with van der Waals surface area (Å²) in [6.07, 6.45) is 8.81. The van der Waals surface area contributed by atoms with Crippen molar-refractivity contribution >= 4 is 21.7 Å². The molecule has 0 N–H and O–H groups in total. The number of nitrogens with zero attached hydrogens (tertiary/aromatic N) is 2. The van der Waals surface area contributed by atoms with Gasteiger partial charge in [-0.2, -0.15) is 5.10 Å². The molecule has 0 aromatic carbocycles. The number of Topliss-reactive ketones (excluding diaryl/α,β-unsaturated/α-hetero) is 1. The molecule has 1 heterocycles. The van der Waals surface area contributed by atoms with Gasteiger partial charge in [-0.05, 0) is 61.4 Å². The fourth-order valence-electron chi connectivity index (χ4n) is 3.28. The molecule has 0 amide bonds. The quantitative estimate of drug-likeness (QED) is 0.705. The van der Waals surface area contributed by atoms with E-state index < -0.39 is 0 Å². The first-order valence-electron chi connectivity index (χ1n) is 7.81. The zero-order chi connectivity index (χ0) is 14.7. The van der Waals surface area contributed by atoms with E-state index in [1.807, 2.05) is 4.68 Å². The minimum Gasteiger partial charge on any atom is -0.292 e. The van der Waals surface area contributed by atoms with Crippen molar-refractivity contribution in [2.45, 2.75) is 65.3 Å². The van der Waals surface area contributed by atoms with E-state index in [0.29, 0.717) is 0 Å². The van der Waals surface area contributed by atoms with Crippen LogP contribution in [0.5, 0.6) is 0 Å². The third kappa shape index (κ3) is 3.33. The summed E-state index contributed by atoms with van der Waals surface area (Å²) in [6.45, 7) is 6.37. The third-order valence-electron chi connectivity index (χ3n) is 4.39. The van der Waals surface area contributed by atoms with Crippen LogP contribution < -0.4 is 0 Å². The highest BCUT2D eigenvalue weighted by molar-refractivity contribution is 9.10. The van der Waals surface area contributed by atoms with Crippen LogP contribution in [0.4, 0.5) is 0 Å². The lowest BCUT2D eigenvalue weighted by atomic mass is 9.78. The summed E-state index contributed by atoms with van der Waals surface area (Å²) in [5, 5.41) is 4.32. The Bertz CT molecular complexity index is 459. The lowest BCUT2D eigenvalue weighted by molar-refractivity contribution is 0.0855. The standard InChI is InChI=1S/C16H25BrN2O/c1-4-5-12-6-8-13(9-7-12)16(20)15-14(17)10-18-19(15)11(2)3/h10-13H,4-9H2,1-3H3. The Morgan fingerprint density at radius 2 is 2.05 bits per heavy atom. The first-order chi connectivity index (χ1) is 9.54. The zero-order valence-electron chi connectivity index (χ0n) is 12.7. The zero-order valence-corrected chi connectivity index (χ0v) is 14.3. The Kier molecular flexibility index (Phi) is 5.42. The monoisotopic (exact) mass is 340 g/mol. The molecule has 1 saturated carbocycles. The predicted octanol–water partition coefficient (Wildman–Crippen LogP) is 5.02. The Labute approximate surface area is 130 Å². The molecule has 0 bridgehead atoms. The van der Waals surface area contributed by atoms with E-state index in [0.717, 1.165) is 28.9 Å². The molecule has 3 nitrogen and oxygen atoms in total. The maximum atomic E-state index is 12.8. The van der Waals surface area contributed by atoms with E-state index in [1.165, 1.54) is 25.7 Å². The molecular formula is C16H25BrN2O. The van der Waals surface area contributed by atoms with Crippen molar-refractivity contribution in [1.82, 2.24) is 9.78 Å². The molecule has 0 radical (unpaired) electrons. The number of ketones is 1. The summed E-state index contributed by atoms with van der Waals surface area (Å²) < 4.78 is 2.69. The van der Waals surface area contributed by atoms with Gasteiger partial charge in [-0.25, -0.2) is 0 Å². The third-order valence-corrected chi connectivity index (χ3v) is 4.97. The van der Waals surface area contributed by atoms with Gasteiger partial charge in [-0.3, -0.25) is 9.48 Å². The Hall–Kier alpha value is -0.640. The average molecular weight is 341 g/mol. The van der Waals surface area contributed by atoms with Crippen LogP contribution in [0.25, 0.3) is 0 Å². The summed E-state index contributed by atoms with van der Waals surface area (Å²) in [6, 6.07) is 0.219. The molecule has 20 heavy (non-hydrogen) atoms. The molecule has 0 aliphatic heterocycles. The van der Waals surface area contributed by atoms with Gasteiger partial charge in [0.05, 0.1) is 10.7 Å². The minimum atomic E-state index is 0.189. The Morgan fingerprint density at radius 3 is 2.60 bits per heavy atom. The van der Waals surface area contributed by atoms with Gasteiger partial charge in [-0.15, -0.1) is 0 Å². The van der Waals surface area contributed by atoms with Crippen molar-refractivity contribution in [1.29, 1.82) is 0 Å². The van der Waals surface area contributed by atoms with Gasteiger partial charge in [0.1, 0.15) is 5.69 Å². The van der Waals surface area contributed by atoms with E-state index >= 15 is 0 Å². The topological polar surface area (TPSA) is 34.9 Å². The number of carbonyl (C=O) groups is 1. The van der Waals surface area contributed by atoms with Crippen molar-refractivity contribution in [2.75, 3.05) is 0 Å². The van der Waals surface area contributed by atoms with Gasteiger partial charge in [0.2, 0.25) is 0 Å². The smallest absolute Gasteiger partial charge is 0.185 e. The van der Waals surface area contributed by atoms with Crippen LogP contribution in [0, 0.1) is 11.8 Å². The Balaban J connectivity index is 2.07. The highest BCUT2D eigenvalue weighted by atomic mass is 79.9. The van der Waals surface area contributed by atoms with Crippen molar-refractivity contribution < 1.29 is 4.79 Å². The van der Waals surface area contributed by atoms with Crippen LogP contribution in [0.2, 0.25) is 0 Å². The lowest BCUT2D eigenvalue weighted by Gasteiger charge is -2.27. The van der Waals surface area contributed by atoms with Gasteiger partial charge in [-0.1, -0.05) is 19.8 Å². The van der Waals surface area contributed by atoms with Gasteiger partial charge in [0.15, 0.2) is 5.78 Å². The number of halogens is 1. The van der Waals surface area contributed by atoms with Crippen LogP contribution in [0.15, 0.2) is 10.7 Å². The molecule has 112 valence electrons. The van der Waals surface area contributed by atoms with Crippen molar-refractivity contribution in [3.63, 3.8) is 0 Å². The van der Waals surface area contributed by atoms with E-state index in [9.17, 15) is 4.79 Å². The molecule has 0 saturated heterocycles. The van der Waals surface area contributed by atoms with E-state index in [1.54, 1.807) is 6.20 Å². The molecule has 1 aliphatic rings. The fraction of sp³-hybridized carbons (Fsp3) is 0.750. The first kappa shape index (κ1) is 15.7. The predicted molar refractivity (Wildman–Crippen MR) is 85.0 cm³/mol. The van der Waals surface area contributed by atoms with Gasteiger partial charge in [0, 0.05) is 12.0 Å². The molecule has 1 aromatic rings. The summed E-state index contributed by atoms with van der Waals surface area (Å²) in [5.74, 6) is 1.30. The van der Waals surface area contributed by atoms with Gasteiger partial charge < -0.3 is 0 Å². The van der Waals surface area contributed by atoms with E-state index in [-0.39, 0.29) is 17.7 Å². The highest BCUT2D eigenvalue weighted by Gasteiger charge is 2.30. The summed E-state index contributed by atoms with van der Waals surface area (Å²) in [7, 11) is 0. The van der Waals surface area contributed by atoms with Crippen molar-refractivity contribution in [2.24, 2.45) is 11.8 Å². The van der Waals surface area contributed by atoms with Gasteiger partial charge >= 0.3 is 0 Å². The molecule has 1 aliphatic carbocycles. The summed E-state index contributed by atoms with van der Waals surface area (Å²) >= 11 is 3.49. The van der Waals surface area contributed by atoms with Crippen molar-refractivity contribution in [3.05, 3.63) is 16.4 Å². The van der Waals surface area contributed by atoms with E-state index in [2.05, 4.69) is 41.8 Å². The van der Waals surface area contributed by atoms with Crippen LogP contribution >= 0.6 is 15.9 Å². The van der Waals surface area contributed by atoms with Crippen molar-refractivity contribution in [3.8, 4) is 0 Å². The SMILES string of the molecule is CCCC1CCC(C(=O)c2c(Br)cnn2C(C)C)CC1. The van der Waals surface area contributed by atoms with Crippen LogP contribution in [0.3, 0.4) is 0 Å². The highest BCUT2D eigenvalue weighted by Crippen LogP contribution is 2.34. The largest absolute Gasteiger partial charge is 0.292 e. The second-order valence-corrected chi connectivity index (χ2v) is 7.10. The normalized spacial score (nSPS) is 23.2. The van der Waals surface area contributed by atoms with Gasteiger partial charge in [0.25, 0.3) is 0 Å². The molecule has 0 unspecified atom stereocenters. The first-order valence-corrected chi connectivity index (χ1v) is 8.61. The maximum absolute atomic E-state index is 12.8. The number of hydrogen-bond donors (Lipinski definition) is 0. The number of carbonyl (C=O) groups excluding carboxylic acids is 1. The average Bonchev–Trinajstić information content (AvgIpc) is 2.81. The Morgan fingerprint density at radius 1 is 1.40 bits per heavy atom. The number of rotatable bonds is 5. The summed E-state index contributed by atoms with van der Waals surface area (Å²) in [4.78, 5) is 12.8. The lowest BCUT2D eigenvalue weighted by Crippen LogP contribution is -2.25.